The Morgan fingerprint density at radius 3 is 3.08 bits per heavy atom. The summed E-state index contributed by atoms with van der Waals surface area (Å²) in [6.45, 7) is 1.89. The van der Waals surface area contributed by atoms with Crippen molar-refractivity contribution in [2.45, 2.75) is 18.4 Å². The van der Waals surface area contributed by atoms with Gasteiger partial charge in [-0.1, -0.05) is 5.21 Å². The number of aromatic nitrogens is 4. The second-order valence-electron chi connectivity index (χ2n) is 3.73. The predicted octanol–water partition coefficient (Wildman–Crippen LogP) is -0.921. The fourth-order valence-electron chi connectivity index (χ4n) is 1.86. The van der Waals surface area contributed by atoms with E-state index >= 15 is 0 Å². The summed E-state index contributed by atoms with van der Waals surface area (Å²) in [5.41, 5.74) is 5.77. The monoisotopic (exact) mass is 182 g/mol. The molecule has 0 saturated carbocycles. The normalized spacial score (nSPS) is 30.6. The summed E-state index contributed by atoms with van der Waals surface area (Å²) < 4.78 is 0. The van der Waals surface area contributed by atoms with Gasteiger partial charge in [0.2, 0.25) is 0 Å². The molecule has 2 rings (SSSR count). The molecule has 0 radical (unpaired) electrons. The lowest BCUT2D eigenvalue weighted by Gasteiger charge is -2.35. The summed E-state index contributed by atoms with van der Waals surface area (Å²) in [5.74, 6) is 0.624. The van der Waals surface area contributed by atoms with Gasteiger partial charge in [0.1, 0.15) is 0 Å². The molecule has 0 amide bonds. The van der Waals surface area contributed by atoms with E-state index in [1.165, 1.54) is 0 Å². The highest BCUT2D eigenvalue weighted by Gasteiger charge is 2.35. The van der Waals surface area contributed by atoms with Crippen molar-refractivity contribution in [1.29, 1.82) is 0 Å². The smallest absolute Gasteiger partial charge is 0.195 e. The maximum absolute atomic E-state index is 6.19. The molecule has 0 aliphatic carbocycles. The Kier molecular flexibility index (Phi) is 2.01. The quantitative estimate of drug-likeness (QED) is 0.586. The number of hydrogen-bond donors (Lipinski definition) is 2. The highest BCUT2D eigenvalue weighted by molar-refractivity contribution is 5.04. The van der Waals surface area contributed by atoms with Crippen LogP contribution in [-0.2, 0) is 5.54 Å². The lowest BCUT2D eigenvalue weighted by Crippen LogP contribution is -2.51. The lowest BCUT2D eigenvalue weighted by molar-refractivity contribution is 0.172. The van der Waals surface area contributed by atoms with Crippen LogP contribution in [0.15, 0.2) is 0 Å². The number of nitrogens with zero attached hydrogens (tertiary/aromatic N) is 4. The number of likely N-dealkylation sites (N-methyl/N-ethyl adjacent to an activating group) is 1. The van der Waals surface area contributed by atoms with Crippen LogP contribution >= 0.6 is 0 Å². The topological polar surface area (TPSA) is 83.7 Å². The standard InChI is InChI=1S/C7H14N6/c1-13-4-2-3-7(8,5-13)6-9-11-12-10-6/h2-5,8H2,1H3,(H,9,10,11,12). The van der Waals surface area contributed by atoms with Gasteiger partial charge < -0.3 is 10.6 Å². The van der Waals surface area contributed by atoms with Gasteiger partial charge in [-0.25, -0.2) is 0 Å². The van der Waals surface area contributed by atoms with E-state index < -0.39 is 5.54 Å². The van der Waals surface area contributed by atoms with E-state index in [0.717, 1.165) is 25.9 Å². The molecular formula is C7H14N6. The van der Waals surface area contributed by atoms with Crippen molar-refractivity contribution in [2.24, 2.45) is 5.73 Å². The number of likely N-dealkylation sites (tertiary alicyclic amines) is 1. The van der Waals surface area contributed by atoms with Gasteiger partial charge >= 0.3 is 0 Å². The fourth-order valence-corrected chi connectivity index (χ4v) is 1.86. The van der Waals surface area contributed by atoms with Crippen molar-refractivity contribution in [2.75, 3.05) is 20.1 Å². The second kappa shape index (κ2) is 3.04. The molecule has 3 N–H and O–H groups in total. The Morgan fingerprint density at radius 1 is 1.62 bits per heavy atom. The van der Waals surface area contributed by atoms with Gasteiger partial charge in [-0.15, -0.1) is 10.2 Å². The van der Waals surface area contributed by atoms with E-state index in [1.54, 1.807) is 0 Å². The number of hydrogen-bond acceptors (Lipinski definition) is 5. The van der Waals surface area contributed by atoms with E-state index in [0.29, 0.717) is 5.82 Å². The van der Waals surface area contributed by atoms with Crippen LogP contribution in [0.5, 0.6) is 0 Å². The molecule has 0 aromatic carbocycles. The van der Waals surface area contributed by atoms with Crippen LogP contribution in [0.2, 0.25) is 0 Å². The summed E-state index contributed by atoms with van der Waals surface area (Å²) >= 11 is 0. The number of tetrazole rings is 1. The maximum Gasteiger partial charge on any atom is 0.195 e. The van der Waals surface area contributed by atoms with Crippen LogP contribution in [0.4, 0.5) is 0 Å². The average Bonchev–Trinajstić information content (AvgIpc) is 2.55. The molecule has 6 heteroatoms. The van der Waals surface area contributed by atoms with Crippen molar-refractivity contribution < 1.29 is 0 Å². The average molecular weight is 182 g/mol. The number of piperidine rings is 1. The molecule has 6 nitrogen and oxygen atoms in total. The Bertz CT molecular complexity index is 271. The molecule has 1 fully saturated rings. The summed E-state index contributed by atoms with van der Waals surface area (Å²) in [4.78, 5) is 2.19. The van der Waals surface area contributed by atoms with Crippen LogP contribution < -0.4 is 5.73 Å². The lowest BCUT2D eigenvalue weighted by atomic mass is 9.90. The fraction of sp³-hybridized carbons (Fsp3) is 0.857. The molecule has 1 atom stereocenters. The molecule has 1 aromatic rings. The number of aromatic amines is 1. The Hall–Kier alpha value is -1.01. The van der Waals surface area contributed by atoms with Crippen molar-refractivity contribution in [3.05, 3.63) is 5.82 Å². The first-order valence-corrected chi connectivity index (χ1v) is 4.42. The minimum absolute atomic E-state index is 0.417. The summed E-state index contributed by atoms with van der Waals surface area (Å²) in [6, 6.07) is 0. The number of H-pyrrole nitrogens is 1. The van der Waals surface area contributed by atoms with E-state index in [1.807, 2.05) is 0 Å². The third kappa shape index (κ3) is 1.54. The van der Waals surface area contributed by atoms with Crippen molar-refractivity contribution in [3.8, 4) is 0 Å². The first-order chi connectivity index (χ1) is 6.21. The molecule has 1 saturated heterocycles. The van der Waals surface area contributed by atoms with E-state index in [4.69, 9.17) is 5.73 Å². The summed E-state index contributed by atoms with van der Waals surface area (Å²) in [6.07, 6.45) is 2.01. The number of nitrogens with one attached hydrogen (secondary N) is 1. The molecule has 1 aliphatic rings. The molecule has 13 heavy (non-hydrogen) atoms. The molecular weight excluding hydrogens is 168 g/mol. The van der Waals surface area contributed by atoms with Crippen LogP contribution in [0.25, 0.3) is 0 Å². The van der Waals surface area contributed by atoms with Crippen LogP contribution in [0.3, 0.4) is 0 Å². The van der Waals surface area contributed by atoms with Gasteiger partial charge in [0.15, 0.2) is 5.82 Å². The first-order valence-electron chi connectivity index (χ1n) is 4.42. The molecule has 0 spiro atoms. The Morgan fingerprint density at radius 2 is 2.46 bits per heavy atom. The van der Waals surface area contributed by atoms with Gasteiger partial charge in [-0.3, -0.25) is 0 Å². The zero-order valence-corrected chi connectivity index (χ0v) is 7.69. The number of nitrogens with two attached hydrogens (primary N) is 1. The first kappa shape index (κ1) is 8.58. The minimum Gasteiger partial charge on any atom is -0.318 e. The highest BCUT2D eigenvalue weighted by Crippen LogP contribution is 2.24. The highest BCUT2D eigenvalue weighted by atomic mass is 15.5. The number of rotatable bonds is 1. The molecule has 1 aliphatic heterocycles. The SMILES string of the molecule is CN1CCCC(N)(c2nn[nH]n2)C1. The Labute approximate surface area is 76.5 Å². The van der Waals surface area contributed by atoms with Gasteiger partial charge in [-0.2, -0.15) is 5.21 Å². The summed E-state index contributed by atoms with van der Waals surface area (Å²) in [5, 5.41) is 13.9. The van der Waals surface area contributed by atoms with Crippen molar-refractivity contribution >= 4 is 0 Å². The molecule has 1 aromatic heterocycles. The van der Waals surface area contributed by atoms with Crippen LogP contribution in [-0.4, -0.2) is 45.7 Å². The maximum atomic E-state index is 6.19. The van der Waals surface area contributed by atoms with Crippen LogP contribution in [0, 0.1) is 0 Å². The zero-order valence-electron chi connectivity index (χ0n) is 7.69. The molecule has 2 heterocycles. The van der Waals surface area contributed by atoms with Gasteiger partial charge in [-0.05, 0) is 26.4 Å². The molecule has 0 bridgehead atoms. The third-order valence-electron chi connectivity index (χ3n) is 2.51. The second-order valence-corrected chi connectivity index (χ2v) is 3.73. The Balaban J connectivity index is 2.20. The van der Waals surface area contributed by atoms with Gasteiger partial charge in [0.05, 0.1) is 5.54 Å². The van der Waals surface area contributed by atoms with Crippen molar-refractivity contribution in [3.63, 3.8) is 0 Å². The van der Waals surface area contributed by atoms with Gasteiger partial charge in [0.25, 0.3) is 0 Å². The largest absolute Gasteiger partial charge is 0.318 e. The summed E-state index contributed by atoms with van der Waals surface area (Å²) in [7, 11) is 2.06. The van der Waals surface area contributed by atoms with Crippen molar-refractivity contribution in [1.82, 2.24) is 25.5 Å². The molecule has 72 valence electrons. The predicted molar refractivity (Wildman–Crippen MR) is 46.8 cm³/mol. The van der Waals surface area contributed by atoms with E-state index in [2.05, 4.69) is 32.6 Å². The molecule has 1 unspecified atom stereocenters. The zero-order chi connectivity index (χ0) is 9.31. The van der Waals surface area contributed by atoms with E-state index in [-0.39, 0.29) is 0 Å². The van der Waals surface area contributed by atoms with Gasteiger partial charge in [0, 0.05) is 6.54 Å². The third-order valence-corrected chi connectivity index (χ3v) is 2.51. The van der Waals surface area contributed by atoms with E-state index in [9.17, 15) is 0 Å². The van der Waals surface area contributed by atoms with Crippen LogP contribution in [0.1, 0.15) is 18.7 Å². The minimum atomic E-state index is -0.417.